The molecule has 0 aliphatic carbocycles. The number of hydrogen-bond acceptors (Lipinski definition) is 6. The first-order valence-corrected chi connectivity index (χ1v) is 11.8. The fraction of sp³-hybridized carbons (Fsp3) is 0.778. The van der Waals surface area contributed by atoms with Crippen LogP contribution in [0.3, 0.4) is 0 Å². The van der Waals surface area contributed by atoms with Crippen molar-refractivity contribution in [2.75, 3.05) is 12.4 Å². The van der Waals surface area contributed by atoms with Crippen LogP contribution in [0.15, 0.2) is 15.8 Å². The lowest BCUT2D eigenvalue weighted by atomic mass is 10.1. The molecule has 6 nitrogen and oxygen atoms in total. The van der Waals surface area contributed by atoms with Gasteiger partial charge in [-0.15, -0.1) is 0 Å². The number of H-pyrrole nitrogens is 1. The van der Waals surface area contributed by atoms with E-state index in [2.05, 4.69) is 11.9 Å². The van der Waals surface area contributed by atoms with Crippen molar-refractivity contribution < 1.29 is 9.84 Å². The van der Waals surface area contributed by atoms with E-state index in [9.17, 15) is 14.7 Å². The molecule has 0 unspecified atom stereocenters. The van der Waals surface area contributed by atoms with Crippen LogP contribution in [0.5, 0.6) is 0 Å². The Kier molecular flexibility index (Phi) is 9.31. The smallest absolute Gasteiger partial charge is 0.330 e. The van der Waals surface area contributed by atoms with Crippen molar-refractivity contribution in [1.29, 1.82) is 0 Å². The Morgan fingerprint density at radius 2 is 2.00 bits per heavy atom. The second-order valence-electron chi connectivity index (χ2n) is 6.75. The maximum absolute atomic E-state index is 12.0. The van der Waals surface area contributed by atoms with Gasteiger partial charge in [-0.25, -0.2) is 4.79 Å². The summed E-state index contributed by atoms with van der Waals surface area (Å²) >= 11 is 0. The van der Waals surface area contributed by atoms with E-state index >= 15 is 0 Å². The van der Waals surface area contributed by atoms with Gasteiger partial charge in [0.2, 0.25) is 0 Å². The van der Waals surface area contributed by atoms with Crippen molar-refractivity contribution in [1.82, 2.24) is 9.55 Å². The number of hydrogen-bond donors (Lipinski definition) is 2. The van der Waals surface area contributed by atoms with Gasteiger partial charge in [0.25, 0.3) is 5.56 Å². The summed E-state index contributed by atoms with van der Waals surface area (Å²) in [5, 5.41) is 9.73. The molecule has 2 N–H and O–H groups in total. The minimum absolute atomic E-state index is 0.0666. The third-order valence-electron chi connectivity index (χ3n) is 4.59. The lowest BCUT2D eigenvalue weighted by Gasteiger charge is -2.15. The van der Waals surface area contributed by atoms with E-state index in [1.54, 1.807) is 17.7 Å². The molecule has 0 aromatic carbocycles. The fourth-order valence-corrected chi connectivity index (χ4v) is 5.90. The number of aliphatic hydroxyl groups excluding tert-OH is 1. The van der Waals surface area contributed by atoms with Crippen LogP contribution in [0.1, 0.15) is 63.7 Å². The zero-order chi connectivity index (χ0) is 18.9. The molecular formula is C18H30N2O4S2. The predicted molar refractivity (Wildman–Crippen MR) is 109 cm³/mol. The highest BCUT2D eigenvalue weighted by Gasteiger charge is 2.36. The molecule has 1 saturated heterocycles. The Hall–Kier alpha value is -0.700. The maximum atomic E-state index is 12.0. The van der Waals surface area contributed by atoms with Crippen LogP contribution >= 0.6 is 21.6 Å². The molecule has 0 spiro atoms. The number of aromatic amines is 1. The molecule has 1 aliphatic rings. The highest BCUT2D eigenvalue weighted by atomic mass is 33.1. The standard InChI is InChI=1S/C18H30N2O4S2/c1-3-4-5-6-7-8-9-25-26-15-10-16(24-14(15)12-21)20-11-13(2)17(22)19-18(20)23/h11,14-16,21H,3-10,12H2,1-2H3,(H,19,22,23)/t14-,15+,16-/m1/s1. The van der Waals surface area contributed by atoms with Gasteiger partial charge in [-0.3, -0.25) is 14.3 Å². The van der Waals surface area contributed by atoms with Crippen LogP contribution in [-0.4, -0.2) is 38.4 Å². The minimum atomic E-state index is -0.465. The third-order valence-corrected chi connectivity index (χ3v) is 7.57. The van der Waals surface area contributed by atoms with Gasteiger partial charge in [-0.1, -0.05) is 60.6 Å². The van der Waals surface area contributed by atoms with Gasteiger partial charge in [0.15, 0.2) is 0 Å². The molecule has 2 rings (SSSR count). The van der Waals surface area contributed by atoms with Crippen LogP contribution < -0.4 is 11.2 Å². The van der Waals surface area contributed by atoms with Crippen LogP contribution in [-0.2, 0) is 4.74 Å². The van der Waals surface area contributed by atoms with Crippen LogP contribution in [0.2, 0.25) is 0 Å². The van der Waals surface area contributed by atoms with Gasteiger partial charge in [0, 0.05) is 29.2 Å². The summed E-state index contributed by atoms with van der Waals surface area (Å²) < 4.78 is 7.29. The van der Waals surface area contributed by atoms with Crippen LogP contribution in [0, 0.1) is 6.92 Å². The van der Waals surface area contributed by atoms with E-state index in [0.29, 0.717) is 12.0 Å². The summed E-state index contributed by atoms with van der Waals surface area (Å²) in [6, 6.07) is 0. The summed E-state index contributed by atoms with van der Waals surface area (Å²) in [5.74, 6) is 1.09. The lowest BCUT2D eigenvalue weighted by Crippen LogP contribution is -2.33. The van der Waals surface area contributed by atoms with Gasteiger partial charge in [-0.05, 0) is 13.3 Å². The topological polar surface area (TPSA) is 84.3 Å². The number of rotatable bonds is 11. The molecular weight excluding hydrogens is 372 g/mol. The second-order valence-corrected chi connectivity index (χ2v) is 9.48. The molecule has 1 aromatic heterocycles. The fourth-order valence-electron chi connectivity index (χ4n) is 3.01. The molecule has 26 heavy (non-hydrogen) atoms. The predicted octanol–water partition coefficient (Wildman–Crippen LogP) is 3.24. The molecule has 0 amide bonds. The SMILES string of the molecule is CCCCCCCCSS[C@H]1C[C@H](n2cc(C)c(=O)[nH]c2=O)O[C@@H]1CO. The average Bonchev–Trinajstić information content (AvgIpc) is 3.03. The normalized spacial score (nSPS) is 22.8. The summed E-state index contributed by atoms with van der Waals surface area (Å²) in [7, 11) is 3.56. The molecule has 0 saturated carbocycles. The quantitative estimate of drug-likeness (QED) is 0.437. The molecule has 0 bridgehead atoms. The third kappa shape index (κ3) is 6.18. The first-order chi connectivity index (χ1) is 12.6. The summed E-state index contributed by atoms with van der Waals surface area (Å²) in [4.78, 5) is 25.9. The van der Waals surface area contributed by atoms with Gasteiger partial charge < -0.3 is 9.84 Å². The van der Waals surface area contributed by atoms with E-state index in [0.717, 1.165) is 5.75 Å². The second kappa shape index (κ2) is 11.2. The van der Waals surface area contributed by atoms with Crippen molar-refractivity contribution in [3.8, 4) is 0 Å². The van der Waals surface area contributed by atoms with E-state index < -0.39 is 11.9 Å². The highest BCUT2D eigenvalue weighted by Crippen LogP contribution is 2.41. The Balaban J connectivity index is 1.81. The Morgan fingerprint density at radius 3 is 2.73 bits per heavy atom. The number of aromatic nitrogens is 2. The lowest BCUT2D eigenvalue weighted by molar-refractivity contribution is -0.0238. The minimum Gasteiger partial charge on any atom is -0.394 e. The monoisotopic (exact) mass is 402 g/mol. The molecule has 148 valence electrons. The summed E-state index contributed by atoms with van der Waals surface area (Å²) in [6.07, 6.45) is 9.16. The van der Waals surface area contributed by atoms with Crippen molar-refractivity contribution in [2.45, 2.75) is 76.4 Å². The molecule has 8 heteroatoms. The zero-order valence-corrected chi connectivity index (χ0v) is 17.2. The number of ether oxygens (including phenoxy) is 1. The average molecular weight is 403 g/mol. The largest absolute Gasteiger partial charge is 0.394 e. The molecule has 0 radical (unpaired) electrons. The number of unbranched alkanes of at least 4 members (excludes halogenated alkanes) is 5. The first kappa shape index (κ1) is 21.6. The maximum Gasteiger partial charge on any atom is 0.330 e. The van der Waals surface area contributed by atoms with E-state index in [1.165, 1.54) is 49.3 Å². The summed E-state index contributed by atoms with van der Waals surface area (Å²) in [5.41, 5.74) is -0.363. The van der Waals surface area contributed by atoms with E-state index in [1.807, 2.05) is 10.8 Å². The molecule has 1 aliphatic heterocycles. The summed E-state index contributed by atoms with van der Waals surface area (Å²) in [6.45, 7) is 3.82. The molecule has 1 fully saturated rings. The number of aliphatic hydroxyl groups is 1. The van der Waals surface area contributed by atoms with E-state index in [4.69, 9.17) is 4.74 Å². The first-order valence-electron chi connectivity index (χ1n) is 9.43. The molecule has 1 aromatic rings. The van der Waals surface area contributed by atoms with Gasteiger partial charge in [-0.2, -0.15) is 0 Å². The Labute approximate surface area is 162 Å². The van der Waals surface area contributed by atoms with Crippen LogP contribution in [0.25, 0.3) is 0 Å². The van der Waals surface area contributed by atoms with Crippen molar-refractivity contribution in [3.63, 3.8) is 0 Å². The van der Waals surface area contributed by atoms with Crippen LogP contribution in [0.4, 0.5) is 0 Å². The number of nitrogens with one attached hydrogen (secondary N) is 1. The van der Waals surface area contributed by atoms with Gasteiger partial charge in [0.05, 0.1) is 12.7 Å². The number of nitrogens with zero attached hydrogens (tertiary/aromatic N) is 1. The van der Waals surface area contributed by atoms with Gasteiger partial charge in [0.1, 0.15) is 6.23 Å². The highest BCUT2D eigenvalue weighted by molar-refractivity contribution is 8.76. The molecule has 2 heterocycles. The Morgan fingerprint density at radius 1 is 1.27 bits per heavy atom. The Bertz CT molecular complexity index is 661. The molecule has 3 atom stereocenters. The van der Waals surface area contributed by atoms with Crippen molar-refractivity contribution in [2.24, 2.45) is 0 Å². The van der Waals surface area contributed by atoms with Gasteiger partial charge >= 0.3 is 5.69 Å². The van der Waals surface area contributed by atoms with E-state index in [-0.39, 0.29) is 23.5 Å². The van der Waals surface area contributed by atoms with Crippen molar-refractivity contribution >= 4 is 21.6 Å². The zero-order valence-electron chi connectivity index (χ0n) is 15.6. The number of aryl methyl sites for hydroxylation is 1. The van der Waals surface area contributed by atoms with Crippen molar-refractivity contribution in [3.05, 3.63) is 32.6 Å².